The summed E-state index contributed by atoms with van der Waals surface area (Å²) in [6, 6.07) is 0. The molecule has 0 saturated carbocycles. The van der Waals surface area contributed by atoms with Gasteiger partial charge in [0.2, 0.25) is 0 Å². The Morgan fingerprint density at radius 3 is 2.58 bits per heavy atom. The standard InChI is InChI=1S/C9H18N2O/c1-10-6-9(7-10)8-11-2-4-12-5-3-11/h9-10H,1-8H2. The van der Waals surface area contributed by atoms with Crippen LogP contribution in [-0.2, 0) is 4.74 Å². The van der Waals surface area contributed by atoms with Gasteiger partial charge in [-0.1, -0.05) is 0 Å². The van der Waals surface area contributed by atoms with Crippen molar-refractivity contribution in [3.63, 3.8) is 0 Å². The molecule has 2 aliphatic rings. The lowest BCUT2D eigenvalue weighted by Gasteiger charge is -2.41. The van der Waals surface area contributed by atoms with E-state index in [-0.39, 0.29) is 0 Å². The lowest BCUT2D eigenvalue weighted by atomic mass is 10.0. The van der Waals surface area contributed by atoms with Crippen molar-refractivity contribution in [2.45, 2.75) is 0 Å². The molecule has 0 unspecified atom stereocenters. The first-order valence-corrected chi connectivity index (χ1v) is 4.81. The van der Waals surface area contributed by atoms with E-state index in [1.807, 2.05) is 0 Å². The molecule has 0 aromatic heterocycles. The highest BCUT2D eigenvalue weighted by Gasteiger charge is 2.26. The first-order chi connectivity index (χ1) is 5.84. The van der Waals surface area contributed by atoms with Crippen LogP contribution in [0.1, 0.15) is 0 Å². The predicted octanol–water partition coefficient (Wildman–Crippen LogP) is -1.38. The van der Waals surface area contributed by atoms with Crippen LogP contribution in [0.15, 0.2) is 0 Å². The second kappa shape index (κ2) is 3.73. The molecule has 3 nitrogen and oxygen atoms in total. The second-order valence-electron chi connectivity index (χ2n) is 3.94. The van der Waals surface area contributed by atoms with Gasteiger partial charge in [-0.05, 0) is 0 Å². The summed E-state index contributed by atoms with van der Waals surface area (Å²) in [5.74, 6) is 0.899. The summed E-state index contributed by atoms with van der Waals surface area (Å²) in [4.78, 5) is 3.95. The molecular weight excluding hydrogens is 152 g/mol. The number of morpholine rings is 1. The number of likely N-dealkylation sites (tertiary alicyclic amines) is 1. The lowest BCUT2D eigenvalue weighted by molar-refractivity contribution is -0.907. The Bertz CT molecular complexity index is 139. The third kappa shape index (κ3) is 1.97. The number of ether oxygens (including phenoxy) is 1. The Hall–Kier alpha value is -0.120. The SMILES string of the molecule is [CH2-][NH+]1CC(CN2CCOCC2)C1. The van der Waals surface area contributed by atoms with Crippen LogP contribution in [0.3, 0.4) is 0 Å². The van der Waals surface area contributed by atoms with E-state index in [4.69, 9.17) is 4.74 Å². The van der Waals surface area contributed by atoms with Gasteiger partial charge in [0.05, 0.1) is 32.2 Å². The Morgan fingerprint density at radius 2 is 2.00 bits per heavy atom. The van der Waals surface area contributed by atoms with E-state index in [9.17, 15) is 0 Å². The van der Waals surface area contributed by atoms with E-state index < -0.39 is 0 Å². The van der Waals surface area contributed by atoms with E-state index >= 15 is 0 Å². The number of nitrogens with one attached hydrogen (secondary N) is 1. The maximum atomic E-state index is 5.29. The van der Waals surface area contributed by atoms with E-state index in [1.165, 1.54) is 24.5 Å². The minimum absolute atomic E-state index is 0.899. The van der Waals surface area contributed by atoms with Crippen LogP contribution in [0.5, 0.6) is 0 Å². The number of rotatable bonds is 2. The van der Waals surface area contributed by atoms with E-state index in [0.29, 0.717) is 0 Å². The van der Waals surface area contributed by atoms with Crippen molar-refractivity contribution in [2.75, 3.05) is 45.9 Å². The fourth-order valence-electron chi connectivity index (χ4n) is 2.03. The Kier molecular flexibility index (Phi) is 2.63. The lowest BCUT2D eigenvalue weighted by Crippen LogP contribution is -3.16. The van der Waals surface area contributed by atoms with Crippen molar-refractivity contribution in [1.82, 2.24) is 4.90 Å². The summed E-state index contributed by atoms with van der Waals surface area (Å²) < 4.78 is 5.29. The van der Waals surface area contributed by atoms with Crippen molar-refractivity contribution in [2.24, 2.45) is 5.92 Å². The average Bonchev–Trinajstić information content (AvgIpc) is 2.04. The second-order valence-corrected chi connectivity index (χ2v) is 3.94. The van der Waals surface area contributed by atoms with E-state index in [2.05, 4.69) is 11.9 Å². The molecule has 2 rings (SSSR count). The molecule has 1 N–H and O–H groups in total. The summed E-state index contributed by atoms with van der Waals surface area (Å²) in [5, 5.41) is 0. The molecule has 2 saturated heterocycles. The molecule has 0 aromatic carbocycles. The maximum absolute atomic E-state index is 5.29. The Labute approximate surface area is 74.3 Å². The zero-order valence-corrected chi connectivity index (χ0v) is 7.59. The third-order valence-electron chi connectivity index (χ3n) is 2.77. The van der Waals surface area contributed by atoms with Crippen LogP contribution in [0.25, 0.3) is 0 Å². The van der Waals surface area contributed by atoms with Crippen LogP contribution in [0.4, 0.5) is 0 Å². The molecule has 0 bridgehead atoms. The maximum Gasteiger partial charge on any atom is 0.0654 e. The van der Waals surface area contributed by atoms with Crippen LogP contribution >= 0.6 is 0 Å². The molecule has 0 amide bonds. The van der Waals surface area contributed by atoms with Gasteiger partial charge < -0.3 is 9.64 Å². The van der Waals surface area contributed by atoms with E-state index in [1.54, 1.807) is 0 Å². The van der Waals surface area contributed by atoms with Crippen molar-refractivity contribution in [1.29, 1.82) is 0 Å². The molecule has 0 radical (unpaired) electrons. The normalized spacial score (nSPS) is 37.8. The highest BCUT2D eigenvalue weighted by Crippen LogP contribution is 2.04. The topological polar surface area (TPSA) is 16.9 Å². The zero-order chi connectivity index (χ0) is 8.39. The Balaban J connectivity index is 1.65. The third-order valence-corrected chi connectivity index (χ3v) is 2.77. The summed E-state index contributed by atoms with van der Waals surface area (Å²) in [5.41, 5.74) is 0. The van der Waals surface area contributed by atoms with Gasteiger partial charge in [-0.2, -0.15) is 7.05 Å². The summed E-state index contributed by atoms with van der Waals surface area (Å²) in [6.07, 6.45) is 0. The Morgan fingerprint density at radius 1 is 1.33 bits per heavy atom. The zero-order valence-electron chi connectivity index (χ0n) is 7.59. The van der Waals surface area contributed by atoms with Gasteiger partial charge in [-0.25, -0.2) is 0 Å². The van der Waals surface area contributed by atoms with Crippen LogP contribution in [0, 0.1) is 13.0 Å². The molecule has 0 atom stereocenters. The van der Waals surface area contributed by atoms with Gasteiger partial charge in [0.15, 0.2) is 0 Å². The van der Waals surface area contributed by atoms with Gasteiger partial charge in [-0.3, -0.25) is 4.90 Å². The molecular formula is C9H18N2O. The number of hydrogen-bond donors (Lipinski definition) is 1. The van der Waals surface area contributed by atoms with Gasteiger partial charge in [0.1, 0.15) is 0 Å². The number of nitrogens with zero attached hydrogens (tertiary/aromatic N) is 1. The average molecular weight is 170 g/mol. The van der Waals surface area contributed by atoms with Crippen LogP contribution in [-0.4, -0.2) is 50.8 Å². The van der Waals surface area contributed by atoms with Crippen LogP contribution < -0.4 is 4.90 Å². The first-order valence-electron chi connectivity index (χ1n) is 4.81. The fraction of sp³-hybridized carbons (Fsp3) is 0.889. The van der Waals surface area contributed by atoms with Crippen molar-refractivity contribution >= 4 is 0 Å². The van der Waals surface area contributed by atoms with Crippen LogP contribution in [0.2, 0.25) is 0 Å². The van der Waals surface area contributed by atoms with E-state index in [0.717, 1.165) is 32.2 Å². The van der Waals surface area contributed by atoms with Crippen molar-refractivity contribution in [3.8, 4) is 0 Å². The molecule has 0 spiro atoms. The molecule has 2 fully saturated rings. The van der Waals surface area contributed by atoms with Gasteiger partial charge in [-0.15, -0.1) is 0 Å². The molecule has 2 heterocycles. The first kappa shape index (κ1) is 8.48. The molecule has 2 aliphatic heterocycles. The van der Waals surface area contributed by atoms with Gasteiger partial charge in [0.25, 0.3) is 0 Å². The smallest absolute Gasteiger partial charge is 0.0654 e. The van der Waals surface area contributed by atoms with Crippen molar-refractivity contribution in [3.05, 3.63) is 7.05 Å². The molecule has 12 heavy (non-hydrogen) atoms. The number of quaternary nitrogens is 1. The monoisotopic (exact) mass is 170 g/mol. The summed E-state index contributed by atoms with van der Waals surface area (Å²) >= 11 is 0. The van der Waals surface area contributed by atoms with Crippen molar-refractivity contribution < 1.29 is 9.64 Å². The number of hydrogen-bond acceptors (Lipinski definition) is 2. The summed E-state index contributed by atoms with van der Waals surface area (Å²) in [7, 11) is 3.96. The summed E-state index contributed by atoms with van der Waals surface area (Å²) in [6.45, 7) is 7.89. The quantitative estimate of drug-likeness (QED) is 0.515. The fourth-order valence-corrected chi connectivity index (χ4v) is 2.03. The molecule has 70 valence electrons. The van der Waals surface area contributed by atoms with Gasteiger partial charge >= 0.3 is 0 Å². The minimum atomic E-state index is 0.899. The highest BCUT2D eigenvalue weighted by atomic mass is 16.5. The minimum Gasteiger partial charge on any atom is -0.467 e. The molecule has 0 aromatic rings. The largest absolute Gasteiger partial charge is 0.467 e. The van der Waals surface area contributed by atoms with Gasteiger partial charge in [0, 0.05) is 19.6 Å². The highest BCUT2D eigenvalue weighted by molar-refractivity contribution is 4.71. The molecule has 3 heteroatoms. The molecule has 0 aliphatic carbocycles. The predicted molar refractivity (Wildman–Crippen MR) is 46.8 cm³/mol.